The van der Waals surface area contributed by atoms with Crippen molar-refractivity contribution in [3.05, 3.63) is 29.1 Å². The van der Waals surface area contributed by atoms with E-state index in [-0.39, 0.29) is 12.2 Å². The summed E-state index contributed by atoms with van der Waals surface area (Å²) in [4.78, 5) is 23.9. The maximum absolute atomic E-state index is 12.2. The van der Waals surface area contributed by atoms with Crippen molar-refractivity contribution in [2.75, 3.05) is 33.3 Å². The minimum Gasteiger partial charge on any atom is -0.493 e. The van der Waals surface area contributed by atoms with Crippen molar-refractivity contribution in [1.82, 2.24) is 0 Å². The first kappa shape index (κ1) is 18.6. The Labute approximate surface area is 149 Å². The predicted molar refractivity (Wildman–Crippen MR) is 94.8 cm³/mol. The number of carbonyl (C=O) groups is 2. The van der Waals surface area contributed by atoms with Crippen LogP contribution in [-0.4, -0.2) is 40.0 Å². The molecule has 0 aliphatic carbocycles. The Hall–Kier alpha value is -2.74. The second kappa shape index (κ2) is 8.39. The minimum atomic E-state index is -0.631. The fourth-order valence-corrected chi connectivity index (χ4v) is 3.17. The number of benzene rings is 1. The lowest BCUT2D eigenvalue weighted by atomic mass is 10.0. The van der Waals surface area contributed by atoms with Crippen LogP contribution in [0.1, 0.15) is 17.3 Å². The van der Waals surface area contributed by atoms with Crippen LogP contribution in [0.4, 0.5) is 9.80 Å². The van der Waals surface area contributed by atoms with Gasteiger partial charge in [-0.15, -0.1) is 11.3 Å². The number of hydrogen-bond donors (Lipinski definition) is 1. The predicted octanol–water partition coefficient (Wildman–Crippen LogP) is 3.79. The van der Waals surface area contributed by atoms with Crippen LogP contribution in [0.3, 0.4) is 0 Å². The summed E-state index contributed by atoms with van der Waals surface area (Å²) in [6, 6.07) is 5.29. The lowest BCUT2D eigenvalue weighted by Gasteiger charge is -2.11. The van der Waals surface area contributed by atoms with E-state index >= 15 is 0 Å². The Morgan fingerprint density at radius 3 is 2.44 bits per heavy atom. The number of hydrogen-bond acceptors (Lipinski definition) is 7. The zero-order chi connectivity index (χ0) is 18.4. The van der Waals surface area contributed by atoms with Gasteiger partial charge in [0.25, 0.3) is 0 Å². The van der Waals surface area contributed by atoms with Crippen molar-refractivity contribution in [2.45, 2.75) is 6.92 Å². The number of methoxy groups -OCH3 is 3. The molecule has 2 aromatic rings. The summed E-state index contributed by atoms with van der Waals surface area (Å²) >= 11 is 1.21. The van der Waals surface area contributed by atoms with Gasteiger partial charge in [0.15, 0.2) is 11.5 Å². The van der Waals surface area contributed by atoms with Crippen molar-refractivity contribution in [3.63, 3.8) is 0 Å². The van der Waals surface area contributed by atoms with E-state index < -0.39 is 12.1 Å². The molecule has 1 aromatic heterocycles. The molecule has 0 bridgehead atoms. The first-order chi connectivity index (χ1) is 12.0. The van der Waals surface area contributed by atoms with Gasteiger partial charge in [-0.1, -0.05) is 6.07 Å². The van der Waals surface area contributed by atoms with Gasteiger partial charge >= 0.3 is 12.1 Å². The molecule has 8 heteroatoms. The monoisotopic (exact) mass is 365 g/mol. The zero-order valence-corrected chi connectivity index (χ0v) is 15.2. The molecule has 0 atom stereocenters. The van der Waals surface area contributed by atoms with Crippen molar-refractivity contribution in [2.24, 2.45) is 0 Å². The third kappa shape index (κ3) is 4.03. The van der Waals surface area contributed by atoms with Crippen molar-refractivity contribution < 1.29 is 28.5 Å². The molecule has 0 radical (unpaired) electrons. The molecule has 1 heterocycles. The molecule has 0 saturated heterocycles. The summed E-state index contributed by atoms with van der Waals surface area (Å²) in [5.41, 5.74) is 1.60. The van der Waals surface area contributed by atoms with Gasteiger partial charge in [0, 0.05) is 10.9 Å². The molecule has 2 rings (SSSR count). The van der Waals surface area contributed by atoms with Crippen LogP contribution in [0.5, 0.6) is 11.5 Å². The molecule has 134 valence electrons. The van der Waals surface area contributed by atoms with Gasteiger partial charge in [-0.2, -0.15) is 0 Å². The van der Waals surface area contributed by atoms with E-state index in [1.165, 1.54) is 25.6 Å². The third-order valence-electron chi connectivity index (χ3n) is 3.37. The summed E-state index contributed by atoms with van der Waals surface area (Å²) in [5.74, 6) is 0.547. The van der Waals surface area contributed by atoms with E-state index in [1.807, 2.05) is 0 Å². The van der Waals surface area contributed by atoms with Crippen molar-refractivity contribution in [1.29, 1.82) is 0 Å². The molecular formula is C17H19NO6S. The Balaban J connectivity index is 2.49. The highest BCUT2D eigenvalue weighted by Gasteiger charge is 2.23. The van der Waals surface area contributed by atoms with Crippen LogP contribution in [0.25, 0.3) is 11.1 Å². The van der Waals surface area contributed by atoms with E-state index in [4.69, 9.17) is 18.9 Å². The maximum atomic E-state index is 12.2. The van der Waals surface area contributed by atoms with Crippen molar-refractivity contribution >= 4 is 28.4 Å². The lowest BCUT2D eigenvalue weighted by molar-refractivity contribution is 0.0603. The highest BCUT2D eigenvalue weighted by Crippen LogP contribution is 2.39. The molecule has 1 N–H and O–H groups in total. The Bertz CT molecular complexity index is 770. The van der Waals surface area contributed by atoms with Crippen LogP contribution in [0, 0.1) is 0 Å². The highest BCUT2D eigenvalue weighted by atomic mass is 32.1. The number of esters is 1. The second-order valence-corrected chi connectivity index (χ2v) is 5.64. The van der Waals surface area contributed by atoms with Crippen LogP contribution >= 0.6 is 11.3 Å². The van der Waals surface area contributed by atoms with Gasteiger partial charge in [-0.05, 0) is 24.6 Å². The van der Waals surface area contributed by atoms with Gasteiger partial charge in [0.2, 0.25) is 0 Å². The largest absolute Gasteiger partial charge is 0.493 e. The Morgan fingerprint density at radius 2 is 1.84 bits per heavy atom. The quantitative estimate of drug-likeness (QED) is 0.784. The molecule has 1 amide bonds. The van der Waals surface area contributed by atoms with E-state index in [9.17, 15) is 9.59 Å². The molecule has 0 aliphatic rings. The Morgan fingerprint density at radius 1 is 1.12 bits per heavy atom. The van der Waals surface area contributed by atoms with E-state index in [0.717, 1.165) is 5.56 Å². The van der Waals surface area contributed by atoms with Crippen LogP contribution < -0.4 is 14.8 Å². The first-order valence-electron chi connectivity index (χ1n) is 7.41. The number of nitrogens with one attached hydrogen (secondary N) is 1. The summed E-state index contributed by atoms with van der Waals surface area (Å²) < 4.78 is 20.2. The lowest BCUT2D eigenvalue weighted by Crippen LogP contribution is -2.15. The summed E-state index contributed by atoms with van der Waals surface area (Å²) in [6.07, 6.45) is -0.631. The van der Waals surface area contributed by atoms with E-state index in [2.05, 4.69) is 5.32 Å². The standard InChI is InChI=1S/C17H19NO6S/c1-5-24-17(20)18-15-14(16(19)23-4)11(9-25-15)10-6-7-12(21-2)13(8-10)22-3/h6-9H,5H2,1-4H3,(H,18,20). The van der Waals surface area contributed by atoms with Crippen LogP contribution in [0.15, 0.2) is 23.6 Å². The van der Waals surface area contributed by atoms with Crippen LogP contribution in [0.2, 0.25) is 0 Å². The normalized spacial score (nSPS) is 10.1. The maximum Gasteiger partial charge on any atom is 0.412 e. The van der Waals surface area contributed by atoms with Crippen molar-refractivity contribution in [3.8, 4) is 22.6 Å². The first-order valence-corrected chi connectivity index (χ1v) is 8.29. The highest BCUT2D eigenvalue weighted by molar-refractivity contribution is 7.15. The smallest absolute Gasteiger partial charge is 0.412 e. The summed E-state index contributed by atoms with van der Waals surface area (Å²) in [6.45, 7) is 1.93. The molecule has 0 aliphatic heterocycles. The average molecular weight is 365 g/mol. The molecule has 1 aromatic carbocycles. The van der Waals surface area contributed by atoms with Gasteiger partial charge < -0.3 is 18.9 Å². The van der Waals surface area contributed by atoms with Gasteiger partial charge in [0.05, 0.1) is 27.9 Å². The fourth-order valence-electron chi connectivity index (χ4n) is 2.23. The number of rotatable bonds is 6. The molecule has 0 unspecified atom stereocenters. The van der Waals surface area contributed by atoms with Gasteiger partial charge in [0.1, 0.15) is 10.6 Å². The molecular weight excluding hydrogens is 346 g/mol. The van der Waals surface area contributed by atoms with E-state index in [0.29, 0.717) is 22.1 Å². The van der Waals surface area contributed by atoms with Gasteiger partial charge in [-0.3, -0.25) is 5.32 Å². The summed E-state index contributed by atoms with van der Waals surface area (Å²) in [7, 11) is 4.36. The molecule has 0 spiro atoms. The average Bonchev–Trinajstić information content (AvgIpc) is 3.03. The van der Waals surface area contributed by atoms with E-state index in [1.54, 1.807) is 37.6 Å². The molecule has 0 fully saturated rings. The Kier molecular flexibility index (Phi) is 6.24. The SMILES string of the molecule is CCOC(=O)Nc1scc(-c2ccc(OC)c(OC)c2)c1C(=O)OC. The number of anilines is 1. The van der Waals surface area contributed by atoms with Crippen LogP contribution in [-0.2, 0) is 9.47 Å². The number of amides is 1. The topological polar surface area (TPSA) is 83.1 Å². The summed E-state index contributed by atoms with van der Waals surface area (Å²) in [5, 5.41) is 4.68. The van der Waals surface area contributed by atoms with Gasteiger partial charge in [-0.25, -0.2) is 9.59 Å². The number of thiophene rings is 1. The molecule has 25 heavy (non-hydrogen) atoms. The molecule has 0 saturated carbocycles. The minimum absolute atomic E-state index is 0.229. The molecule has 7 nitrogen and oxygen atoms in total. The fraction of sp³-hybridized carbons (Fsp3) is 0.294. The number of carbonyl (C=O) groups excluding carboxylic acids is 2. The second-order valence-electron chi connectivity index (χ2n) is 4.76. The zero-order valence-electron chi connectivity index (χ0n) is 14.4. The number of ether oxygens (including phenoxy) is 4. The third-order valence-corrected chi connectivity index (χ3v) is 4.26.